The molecule has 0 N–H and O–H groups in total. The maximum Gasteiger partial charge on any atom is 0.0470 e. The topological polar surface area (TPSA) is 9.23 Å². The number of hydrogen-bond donors (Lipinski definition) is 0. The Hall–Kier alpha value is -0.300. The summed E-state index contributed by atoms with van der Waals surface area (Å²) in [6.45, 7) is 7.70. The molecule has 0 aliphatic heterocycles. The van der Waals surface area contributed by atoms with Gasteiger partial charge in [-0.05, 0) is 38.5 Å². The zero-order chi connectivity index (χ0) is 9.19. The minimum Gasteiger partial charge on any atom is -0.385 e. The third-order valence-corrected chi connectivity index (χ3v) is 3.12. The van der Waals surface area contributed by atoms with Crippen molar-refractivity contribution in [1.29, 1.82) is 0 Å². The van der Waals surface area contributed by atoms with Crippen LogP contribution >= 0.6 is 0 Å². The highest BCUT2D eigenvalue weighted by Crippen LogP contribution is 2.49. The molecule has 1 rings (SSSR count). The Labute approximate surface area is 75.8 Å². The van der Waals surface area contributed by atoms with Crippen molar-refractivity contribution in [3.63, 3.8) is 0 Å². The van der Waals surface area contributed by atoms with Crippen molar-refractivity contribution >= 4 is 0 Å². The Kier molecular flexibility index (Phi) is 2.94. The number of rotatable bonds is 3. The lowest BCUT2D eigenvalue weighted by atomic mass is 9.62. The summed E-state index contributed by atoms with van der Waals surface area (Å²) < 4.78 is 5.12. The normalized spacial score (nSPS) is 28.5. The van der Waals surface area contributed by atoms with E-state index in [0.29, 0.717) is 5.41 Å². The van der Waals surface area contributed by atoms with Crippen molar-refractivity contribution in [2.75, 3.05) is 13.7 Å². The molecular formula is C11H20O. The molecule has 0 aromatic rings. The lowest BCUT2D eigenvalue weighted by Crippen LogP contribution is -2.31. The van der Waals surface area contributed by atoms with Gasteiger partial charge >= 0.3 is 0 Å². The first-order valence-electron chi connectivity index (χ1n) is 4.76. The van der Waals surface area contributed by atoms with Gasteiger partial charge in [-0.15, -0.1) is 0 Å². The molecule has 0 bridgehead atoms. The van der Waals surface area contributed by atoms with E-state index in [0.717, 1.165) is 6.61 Å². The molecule has 0 aromatic carbocycles. The third kappa shape index (κ3) is 1.71. The van der Waals surface area contributed by atoms with Crippen molar-refractivity contribution in [2.24, 2.45) is 5.41 Å². The van der Waals surface area contributed by atoms with Crippen molar-refractivity contribution in [3.05, 3.63) is 11.1 Å². The van der Waals surface area contributed by atoms with Gasteiger partial charge in [-0.1, -0.05) is 18.1 Å². The molecule has 1 aliphatic rings. The summed E-state index contributed by atoms with van der Waals surface area (Å²) in [5, 5.41) is 0. The molecule has 1 fully saturated rings. The maximum absolute atomic E-state index is 5.12. The van der Waals surface area contributed by atoms with Crippen LogP contribution in [0.3, 0.4) is 0 Å². The summed E-state index contributed by atoms with van der Waals surface area (Å²) in [4.78, 5) is 0. The van der Waals surface area contributed by atoms with Crippen LogP contribution in [0.15, 0.2) is 11.1 Å². The lowest BCUT2D eigenvalue weighted by molar-refractivity contribution is 0.132. The molecule has 1 nitrogen and oxygen atoms in total. The predicted octanol–water partition coefficient (Wildman–Crippen LogP) is 3.16. The largest absolute Gasteiger partial charge is 0.385 e. The van der Waals surface area contributed by atoms with Gasteiger partial charge in [0, 0.05) is 13.7 Å². The molecular weight excluding hydrogens is 148 g/mol. The molecule has 0 unspecified atom stereocenters. The van der Waals surface area contributed by atoms with Crippen LogP contribution in [0.1, 0.15) is 40.0 Å². The first-order chi connectivity index (χ1) is 5.60. The van der Waals surface area contributed by atoms with Gasteiger partial charge in [0.2, 0.25) is 0 Å². The van der Waals surface area contributed by atoms with Crippen LogP contribution < -0.4 is 0 Å². The fourth-order valence-corrected chi connectivity index (χ4v) is 2.13. The summed E-state index contributed by atoms with van der Waals surface area (Å²) in [5.74, 6) is 0. The highest BCUT2D eigenvalue weighted by molar-refractivity contribution is 5.26. The molecule has 1 heteroatoms. The number of methoxy groups -OCH3 is 1. The average molecular weight is 168 g/mol. The molecule has 0 spiro atoms. The van der Waals surface area contributed by atoms with Gasteiger partial charge in [0.1, 0.15) is 0 Å². The van der Waals surface area contributed by atoms with Crippen LogP contribution in [0, 0.1) is 5.41 Å². The van der Waals surface area contributed by atoms with E-state index in [4.69, 9.17) is 4.74 Å². The summed E-state index contributed by atoms with van der Waals surface area (Å²) >= 11 is 0. The first-order valence-corrected chi connectivity index (χ1v) is 4.76. The van der Waals surface area contributed by atoms with Crippen molar-refractivity contribution in [2.45, 2.75) is 40.0 Å². The van der Waals surface area contributed by atoms with Crippen LogP contribution in [0.2, 0.25) is 0 Å². The van der Waals surface area contributed by atoms with E-state index in [1.807, 2.05) is 0 Å². The van der Waals surface area contributed by atoms with Gasteiger partial charge in [0.15, 0.2) is 0 Å². The summed E-state index contributed by atoms with van der Waals surface area (Å²) in [6.07, 6.45) is 3.84. The molecule has 0 amide bonds. The van der Waals surface area contributed by atoms with Gasteiger partial charge in [-0.3, -0.25) is 0 Å². The second kappa shape index (κ2) is 3.61. The van der Waals surface area contributed by atoms with E-state index >= 15 is 0 Å². The van der Waals surface area contributed by atoms with Gasteiger partial charge in [0.05, 0.1) is 0 Å². The van der Waals surface area contributed by atoms with Gasteiger partial charge in [-0.25, -0.2) is 0 Å². The minimum atomic E-state index is 0.467. The van der Waals surface area contributed by atoms with Crippen LogP contribution in [-0.2, 0) is 4.74 Å². The minimum absolute atomic E-state index is 0.467. The van der Waals surface area contributed by atoms with E-state index in [1.54, 1.807) is 12.7 Å². The van der Waals surface area contributed by atoms with E-state index in [1.165, 1.54) is 24.8 Å². The van der Waals surface area contributed by atoms with E-state index in [9.17, 15) is 0 Å². The zero-order valence-corrected chi connectivity index (χ0v) is 8.74. The van der Waals surface area contributed by atoms with Crippen LogP contribution in [-0.4, -0.2) is 13.7 Å². The fraction of sp³-hybridized carbons (Fsp3) is 0.818. The Morgan fingerprint density at radius 2 is 2.17 bits per heavy atom. The van der Waals surface area contributed by atoms with Gasteiger partial charge < -0.3 is 4.74 Å². The van der Waals surface area contributed by atoms with Crippen molar-refractivity contribution in [1.82, 2.24) is 0 Å². The predicted molar refractivity (Wildman–Crippen MR) is 52.2 cm³/mol. The number of allylic oxidation sites excluding steroid dienone is 2. The molecule has 12 heavy (non-hydrogen) atoms. The molecule has 0 heterocycles. The smallest absolute Gasteiger partial charge is 0.0470 e. The summed E-state index contributed by atoms with van der Waals surface area (Å²) in [7, 11) is 1.78. The highest BCUT2D eigenvalue weighted by atomic mass is 16.5. The molecule has 1 atom stereocenters. The SMILES string of the molecule is COCC[C@@]1(C)CCC1=C(C)C. The highest BCUT2D eigenvalue weighted by Gasteiger charge is 2.37. The van der Waals surface area contributed by atoms with Crippen LogP contribution in [0.25, 0.3) is 0 Å². The Bertz CT molecular complexity index is 189. The molecule has 0 saturated heterocycles. The molecule has 1 aliphatic carbocycles. The van der Waals surface area contributed by atoms with Crippen LogP contribution in [0.4, 0.5) is 0 Å². The summed E-state index contributed by atoms with van der Waals surface area (Å²) in [6, 6.07) is 0. The monoisotopic (exact) mass is 168 g/mol. The molecule has 70 valence electrons. The second-order valence-corrected chi connectivity index (χ2v) is 4.28. The van der Waals surface area contributed by atoms with Gasteiger partial charge in [0.25, 0.3) is 0 Å². The van der Waals surface area contributed by atoms with E-state index in [2.05, 4.69) is 20.8 Å². The van der Waals surface area contributed by atoms with E-state index in [-0.39, 0.29) is 0 Å². The third-order valence-electron chi connectivity index (χ3n) is 3.12. The van der Waals surface area contributed by atoms with Crippen molar-refractivity contribution < 1.29 is 4.74 Å². The quantitative estimate of drug-likeness (QED) is 0.588. The van der Waals surface area contributed by atoms with Gasteiger partial charge in [-0.2, -0.15) is 0 Å². The number of hydrogen-bond acceptors (Lipinski definition) is 1. The second-order valence-electron chi connectivity index (χ2n) is 4.28. The zero-order valence-electron chi connectivity index (χ0n) is 8.74. The van der Waals surface area contributed by atoms with Crippen LogP contribution in [0.5, 0.6) is 0 Å². The Balaban J connectivity index is 2.55. The molecule has 0 radical (unpaired) electrons. The van der Waals surface area contributed by atoms with E-state index < -0.39 is 0 Å². The maximum atomic E-state index is 5.12. The molecule has 1 saturated carbocycles. The average Bonchev–Trinajstić information content (AvgIpc) is 1.97. The van der Waals surface area contributed by atoms with Crippen molar-refractivity contribution in [3.8, 4) is 0 Å². The number of ether oxygens (including phenoxy) is 1. The fourth-order valence-electron chi connectivity index (χ4n) is 2.13. The lowest BCUT2D eigenvalue weighted by Gasteiger charge is -2.43. The standard InChI is InChI=1S/C11H20O/c1-9(2)10-5-6-11(10,3)7-8-12-4/h5-8H2,1-4H3/t11-/m1/s1. The Morgan fingerprint density at radius 3 is 2.50 bits per heavy atom. The Morgan fingerprint density at radius 1 is 1.50 bits per heavy atom. The summed E-state index contributed by atoms with van der Waals surface area (Å²) in [5.41, 5.74) is 3.65. The first kappa shape index (κ1) is 9.79. The molecule has 0 aromatic heterocycles.